The van der Waals surface area contributed by atoms with Crippen molar-refractivity contribution in [3.63, 3.8) is 0 Å². The van der Waals surface area contributed by atoms with E-state index in [4.69, 9.17) is 23.2 Å². The largest absolute Gasteiger partial charge is 0.124 e. The van der Waals surface area contributed by atoms with Crippen molar-refractivity contribution in [2.45, 2.75) is 38.4 Å². The molecule has 1 unspecified atom stereocenters. The highest BCUT2D eigenvalue weighted by atomic mass is 35.5. The Hall–Kier alpha value is 0.580. The topological polar surface area (TPSA) is 0 Å². The fourth-order valence-corrected chi connectivity index (χ4v) is 2.32. The van der Waals surface area contributed by atoms with E-state index in [9.17, 15) is 0 Å². The monoisotopic (exact) mass is 180 g/mol. The van der Waals surface area contributed by atoms with Crippen LogP contribution in [0.4, 0.5) is 0 Å². The van der Waals surface area contributed by atoms with Gasteiger partial charge in [-0.05, 0) is 11.8 Å². The van der Waals surface area contributed by atoms with E-state index in [1.165, 1.54) is 0 Å². The van der Waals surface area contributed by atoms with Gasteiger partial charge in [0.2, 0.25) is 0 Å². The van der Waals surface area contributed by atoms with Crippen LogP contribution >= 0.6 is 23.2 Å². The van der Waals surface area contributed by atoms with Crippen molar-refractivity contribution in [2.24, 2.45) is 10.8 Å². The van der Waals surface area contributed by atoms with E-state index < -0.39 is 4.33 Å². The summed E-state index contributed by atoms with van der Waals surface area (Å²) >= 11 is 12.0. The van der Waals surface area contributed by atoms with Crippen LogP contribution in [0, 0.1) is 10.8 Å². The van der Waals surface area contributed by atoms with Crippen LogP contribution < -0.4 is 0 Å². The molecule has 1 saturated carbocycles. The third kappa shape index (κ3) is 0.967. The highest BCUT2D eigenvalue weighted by Gasteiger charge is 2.67. The molecule has 0 aliphatic heterocycles. The van der Waals surface area contributed by atoms with Crippen molar-refractivity contribution in [3.8, 4) is 0 Å². The van der Waals surface area contributed by atoms with Crippen LogP contribution in [-0.2, 0) is 0 Å². The van der Waals surface area contributed by atoms with Crippen molar-refractivity contribution in [1.82, 2.24) is 0 Å². The highest BCUT2D eigenvalue weighted by Crippen LogP contribution is 2.71. The zero-order chi connectivity index (χ0) is 8.21. The van der Waals surface area contributed by atoms with Crippen molar-refractivity contribution in [3.05, 3.63) is 0 Å². The second-order valence-electron chi connectivity index (χ2n) is 4.46. The molecule has 2 heteroatoms. The molecule has 1 rings (SSSR count). The van der Waals surface area contributed by atoms with E-state index in [2.05, 4.69) is 27.7 Å². The molecule has 0 aromatic carbocycles. The summed E-state index contributed by atoms with van der Waals surface area (Å²) < 4.78 is -0.467. The molecule has 1 fully saturated rings. The van der Waals surface area contributed by atoms with Crippen LogP contribution in [-0.4, -0.2) is 4.33 Å². The summed E-state index contributed by atoms with van der Waals surface area (Å²) in [4.78, 5) is 0. The minimum atomic E-state index is -0.467. The summed E-state index contributed by atoms with van der Waals surface area (Å²) in [6.45, 7) is 8.69. The molecule has 60 valence electrons. The van der Waals surface area contributed by atoms with E-state index in [0.717, 1.165) is 6.42 Å². The van der Waals surface area contributed by atoms with E-state index in [1.807, 2.05) is 0 Å². The summed E-state index contributed by atoms with van der Waals surface area (Å²) in [6.07, 6.45) is 0.923. The zero-order valence-corrected chi connectivity index (χ0v) is 8.47. The number of halogens is 2. The van der Waals surface area contributed by atoms with E-state index in [-0.39, 0.29) is 10.8 Å². The van der Waals surface area contributed by atoms with Gasteiger partial charge in [0.15, 0.2) is 0 Å². The SMILES string of the molecule is CC(C)(C)C1(C)CC1(Cl)Cl. The third-order valence-corrected chi connectivity index (χ3v) is 4.01. The lowest BCUT2D eigenvalue weighted by Gasteiger charge is -2.28. The first kappa shape index (κ1) is 8.67. The second kappa shape index (κ2) is 1.84. The summed E-state index contributed by atoms with van der Waals surface area (Å²) in [5, 5.41) is 0. The predicted molar refractivity (Wildman–Crippen MR) is 46.6 cm³/mol. The van der Waals surface area contributed by atoms with Gasteiger partial charge >= 0.3 is 0 Å². The maximum atomic E-state index is 6.00. The van der Waals surface area contributed by atoms with Crippen LogP contribution in [0.25, 0.3) is 0 Å². The molecule has 0 amide bonds. The quantitative estimate of drug-likeness (QED) is 0.500. The first-order valence-corrected chi connectivity index (χ1v) is 4.34. The molecule has 0 aromatic heterocycles. The minimum absolute atomic E-state index is 0.114. The van der Waals surface area contributed by atoms with Crippen LogP contribution in [0.15, 0.2) is 0 Å². The molecule has 0 heterocycles. The van der Waals surface area contributed by atoms with Gasteiger partial charge in [0.25, 0.3) is 0 Å². The van der Waals surface area contributed by atoms with Gasteiger partial charge in [0, 0.05) is 5.41 Å². The Labute approximate surface area is 72.9 Å². The number of hydrogen-bond donors (Lipinski definition) is 0. The maximum Gasteiger partial charge on any atom is 0.124 e. The molecule has 0 saturated heterocycles. The van der Waals surface area contributed by atoms with E-state index in [0.29, 0.717) is 0 Å². The lowest BCUT2D eigenvalue weighted by Crippen LogP contribution is -2.23. The standard InChI is InChI=1S/C8H14Cl2/c1-6(2,3)7(4)5-8(7,9)10/h5H2,1-4H3. The fraction of sp³-hybridized carbons (Fsp3) is 1.00. The lowest BCUT2D eigenvalue weighted by molar-refractivity contribution is 0.233. The van der Waals surface area contributed by atoms with Crippen LogP contribution in [0.3, 0.4) is 0 Å². The van der Waals surface area contributed by atoms with Gasteiger partial charge in [-0.3, -0.25) is 0 Å². The molecule has 1 aliphatic rings. The minimum Gasteiger partial charge on any atom is -0.101 e. The van der Waals surface area contributed by atoms with Gasteiger partial charge < -0.3 is 0 Å². The number of hydrogen-bond acceptors (Lipinski definition) is 0. The van der Waals surface area contributed by atoms with Gasteiger partial charge in [-0.1, -0.05) is 27.7 Å². The Morgan fingerprint density at radius 3 is 1.50 bits per heavy atom. The van der Waals surface area contributed by atoms with Crippen molar-refractivity contribution in [1.29, 1.82) is 0 Å². The third-order valence-electron chi connectivity index (χ3n) is 2.91. The summed E-state index contributed by atoms with van der Waals surface area (Å²) in [5.74, 6) is 0. The normalized spacial score (nSPS) is 37.8. The molecule has 0 spiro atoms. The summed E-state index contributed by atoms with van der Waals surface area (Å²) in [7, 11) is 0. The van der Waals surface area contributed by atoms with Gasteiger partial charge in [0.05, 0.1) is 0 Å². The summed E-state index contributed by atoms with van der Waals surface area (Å²) in [5.41, 5.74) is 0.333. The average molecular weight is 181 g/mol. The first-order valence-electron chi connectivity index (χ1n) is 3.59. The van der Waals surface area contributed by atoms with Crippen LogP contribution in [0.5, 0.6) is 0 Å². The van der Waals surface area contributed by atoms with Gasteiger partial charge in [-0.15, -0.1) is 23.2 Å². The first-order chi connectivity index (χ1) is 4.21. The molecule has 0 bridgehead atoms. The number of rotatable bonds is 0. The van der Waals surface area contributed by atoms with Crippen LogP contribution in [0.2, 0.25) is 0 Å². The van der Waals surface area contributed by atoms with Crippen molar-refractivity contribution in [2.75, 3.05) is 0 Å². The molecule has 1 aliphatic carbocycles. The van der Waals surface area contributed by atoms with Gasteiger partial charge in [0.1, 0.15) is 4.33 Å². The smallest absolute Gasteiger partial charge is 0.101 e. The van der Waals surface area contributed by atoms with Crippen molar-refractivity contribution < 1.29 is 0 Å². The second-order valence-corrected chi connectivity index (χ2v) is 5.95. The molecular weight excluding hydrogens is 167 g/mol. The Balaban J connectivity index is 2.78. The lowest BCUT2D eigenvalue weighted by atomic mass is 9.79. The highest BCUT2D eigenvalue weighted by molar-refractivity contribution is 6.51. The zero-order valence-electron chi connectivity index (χ0n) is 6.96. The van der Waals surface area contributed by atoms with Crippen LogP contribution in [0.1, 0.15) is 34.1 Å². The Bertz CT molecular complexity index is 155. The Kier molecular flexibility index (Phi) is 1.60. The van der Waals surface area contributed by atoms with E-state index in [1.54, 1.807) is 0 Å². The maximum absolute atomic E-state index is 6.00. The Morgan fingerprint density at radius 2 is 1.50 bits per heavy atom. The molecule has 0 N–H and O–H groups in total. The molecule has 0 aromatic rings. The summed E-state index contributed by atoms with van der Waals surface area (Å²) in [6, 6.07) is 0. The van der Waals surface area contributed by atoms with Gasteiger partial charge in [-0.25, -0.2) is 0 Å². The van der Waals surface area contributed by atoms with E-state index >= 15 is 0 Å². The van der Waals surface area contributed by atoms with Gasteiger partial charge in [-0.2, -0.15) is 0 Å². The molecule has 1 atom stereocenters. The molecule has 0 nitrogen and oxygen atoms in total. The molecule has 0 radical (unpaired) electrons. The fourth-order valence-electron chi connectivity index (χ4n) is 1.21. The predicted octanol–water partition coefficient (Wildman–Crippen LogP) is 3.62. The number of alkyl halides is 2. The van der Waals surface area contributed by atoms with Crippen molar-refractivity contribution >= 4 is 23.2 Å². The molecule has 10 heavy (non-hydrogen) atoms. The Morgan fingerprint density at radius 1 is 1.20 bits per heavy atom. The molecular formula is C8H14Cl2. The average Bonchev–Trinajstić information content (AvgIpc) is 2.05.